The zero-order valence-corrected chi connectivity index (χ0v) is 17.8. The maximum Gasteiger partial charge on any atom is 0.309 e. The number of carboxylic acids is 1. The molecule has 1 saturated heterocycles. The lowest BCUT2D eigenvalue weighted by Gasteiger charge is -2.26. The Balaban J connectivity index is 1.70. The van der Waals surface area contributed by atoms with E-state index in [1.807, 2.05) is 42.5 Å². The third-order valence-electron chi connectivity index (χ3n) is 5.95. The Hall–Kier alpha value is -3.17. The van der Waals surface area contributed by atoms with Gasteiger partial charge in [0.05, 0.1) is 19.6 Å². The predicted molar refractivity (Wildman–Crippen MR) is 116 cm³/mol. The SMILES string of the molecule is CCCC#CCN1C[C@@H](c2ccc3c(c2)OCO3)[C@H](C(=O)O)[C@H]1c1ccc(OC)cc1. The van der Waals surface area contributed by atoms with Crippen molar-refractivity contribution in [2.75, 3.05) is 27.0 Å². The van der Waals surface area contributed by atoms with E-state index in [0.717, 1.165) is 29.7 Å². The molecule has 2 aliphatic heterocycles. The van der Waals surface area contributed by atoms with Crippen molar-refractivity contribution in [3.8, 4) is 29.1 Å². The number of hydrogen-bond donors (Lipinski definition) is 1. The quantitative estimate of drug-likeness (QED) is 0.710. The minimum atomic E-state index is -0.812. The molecule has 2 aromatic carbocycles. The molecule has 0 aromatic heterocycles. The Kier molecular flexibility index (Phi) is 6.34. The van der Waals surface area contributed by atoms with E-state index in [1.165, 1.54) is 0 Å². The summed E-state index contributed by atoms with van der Waals surface area (Å²) < 4.78 is 16.2. The first-order valence-electron chi connectivity index (χ1n) is 10.6. The van der Waals surface area contributed by atoms with Gasteiger partial charge in [0.2, 0.25) is 6.79 Å². The van der Waals surface area contributed by atoms with Crippen molar-refractivity contribution in [2.24, 2.45) is 5.92 Å². The third kappa shape index (κ3) is 4.33. The van der Waals surface area contributed by atoms with Crippen molar-refractivity contribution in [1.82, 2.24) is 4.90 Å². The molecule has 6 nitrogen and oxygen atoms in total. The maximum absolute atomic E-state index is 12.5. The van der Waals surface area contributed by atoms with Crippen LogP contribution in [0.1, 0.15) is 42.9 Å². The smallest absolute Gasteiger partial charge is 0.309 e. The van der Waals surface area contributed by atoms with Gasteiger partial charge >= 0.3 is 5.97 Å². The van der Waals surface area contributed by atoms with E-state index in [0.29, 0.717) is 24.6 Å². The molecule has 2 heterocycles. The summed E-state index contributed by atoms with van der Waals surface area (Å²) in [6.45, 7) is 3.43. The highest BCUT2D eigenvalue weighted by atomic mass is 16.7. The number of fused-ring (bicyclic) bond motifs is 1. The summed E-state index contributed by atoms with van der Waals surface area (Å²) in [4.78, 5) is 14.7. The van der Waals surface area contributed by atoms with E-state index in [4.69, 9.17) is 14.2 Å². The fourth-order valence-corrected chi connectivity index (χ4v) is 4.44. The number of nitrogens with zero attached hydrogens (tertiary/aromatic N) is 1. The summed E-state index contributed by atoms with van der Waals surface area (Å²) in [5, 5.41) is 10.3. The van der Waals surface area contributed by atoms with Gasteiger partial charge in [-0.1, -0.05) is 31.0 Å². The molecule has 0 amide bonds. The van der Waals surface area contributed by atoms with Crippen LogP contribution in [0.3, 0.4) is 0 Å². The van der Waals surface area contributed by atoms with E-state index in [2.05, 4.69) is 23.7 Å². The number of hydrogen-bond acceptors (Lipinski definition) is 5. The molecule has 0 aliphatic carbocycles. The van der Waals surface area contributed by atoms with Crippen molar-refractivity contribution >= 4 is 5.97 Å². The molecule has 0 spiro atoms. The molecule has 0 bridgehead atoms. The number of unbranched alkanes of at least 4 members (excludes halogenated alkanes) is 1. The number of methoxy groups -OCH3 is 1. The fraction of sp³-hybridized carbons (Fsp3) is 0.400. The summed E-state index contributed by atoms with van der Waals surface area (Å²) in [6.07, 6.45) is 1.85. The number of aliphatic carboxylic acids is 1. The molecule has 0 unspecified atom stereocenters. The molecule has 1 N–H and O–H groups in total. The van der Waals surface area contributed by atoms with Crippen LogP contribution in [0.15, 0.2) is 42.5 Å². The van der Waals surface area contributed by atoms with Crippen LogP contribution in [0.2, 0.25) is 0 Å². The van der Waals surface area contributed by atoms with Crippen LogP contribution in [-0.2, 0) is 4.79 Å². The Morgan fingerprint density at radius 2 is 1.87 bits per heavy atom. The molecule has 6 heteroatoms. The second-order valence-corrected chi connectivity index (χ2v) is 7.83. The zero-order valence-electron chi connectivity index (χ0n) is 17.8. The van der Waals surface area contributed by atoms with Gasteiger partial charge in [0, 0.05) is 24.9 Å². The third-order valence-corrected chi connectivity index (χ3v) is 5.95. The standard InChI is InChI=1S/C25H27NO5/c1-3-4-5-6-13-26-15-20(18-9-12-21-22(14-18)31-16-30-21)23(25(27)28)24(26)17-7-10-19(29-2)11-8-17/h7-12,14,20,23-24H,3-4,13,15-16H2,1-2H3,(H,27,28)/t20-,23-,24+/m0/s1. The lowest BCUT2D eigenvalue weighted by atomic mass is 9.82. The second kappa shape index (κ2) is 9.32. The highest BCUT2D eigenvalue weighted by Gasteiger charge is 2.47. The second-order valence-electron chi connectivity index (χ2n) is 7.83. The van der Waals surface area contributed by atoms with Gasteiger partial charge in [-0.2, -0.15) is 0 Å². The van der Waals surface area contributed by atoms with Crippen molar-refractivity contribution in [1.29, 1.82) is 0 Å². The molecule has 2 aliphatic rings. The van der Waals surface area contributed by atoms with Crippen molar-refractivity contribution in [3.05, 3.63) is 53.6 Å². The number of carboxylic acid groups (broad SMARTS) is 1. The number of rotatable bonds is 6. The zero-order chi connectivity index (χ0) is 21.8. The summed E-state index contributed by atoms with van der Waals surface area (Å²) in [7, 11) is 1.62. The van der Waals surface area contributed by atoms with Crippen molar-refractivity contribution in [2.45, 2.75) is 31.7 Å². The van der Waals surface area contributed by atoms with E-state index in [-0.39, 0.29) is 18.8 Å². The monoisotopic (exact) mass is 421 g/mol. The molecule has 0 saturated carbocycles. The molecule has 1 fully saturated rings. The number of carbonyl (C=O) groups is 1. The molecular formula is C25H27NO5. The molecule has 3 atom stereocenters. The predicted octanol–water partition coefficient (Wildman–Crippen LogP) is 4.07. The van der Waals surface area contributed by atoms with Gasteiger partial charge < -0.3 is 19.3 Å². The first-order valence-corrected chi connectivity index (χ1v) is 10.6. The Morgan fingerprint density at radius 1 is 1.13 bits per heavy atom. The highest BCUT2D eigenvalue weighted by molar-refractivity contribution is 5.74. The van der Waals surface area contributed by atoms with Gasteiger partial charge in [-0.15, -0.1) is 5.92 Å². The van der Waals surface area contributed by atoms with Crippen LogP contribution in [0, 0.1) is 17.8 Å². The molecule has 162 valence electrons. The highest BCUT2D eigenvalue weighted by Crippen LogP contribution is 2.47. The first-order chi connectivity index (χ1) is 15.1. The van der Waals surface area contributed by atoms with Crippen molar-refractivity contribution in [3.63, 3.8) is 0 Å². The van der Waals surface area contributed by atoms with Crippen molar-refractivity contribution < 1.29 is 24.1 Å². The Morgan fingerprint density at radius 3 is 2.58 bits per heavy atom. The molecular weight excluding hydrogens is 394 g/mol. The van der Waals surface area contributed by atoms with Gasteiger partial charge in [0.25, 0.3) is 0 Å². The van der Waals surface area contributed by atoms with Crippen LogP contribution < -0.4 is 14.2 Å². The number of ether oxygens (including phenoxy) is 3. The van der Waals surface area contributed by atoms with Gasteiger partial charge in [-0.3, -0.25) is 9.69 Å². The Labute approximate surface area is 182 Å². The van der Waals surface area contributed by atoms with Crippen LogP contribution in [0.5, 0.6) is 17.2 Å². The van der Waals surface area contributed by atoms with Gasteiger partial charge in [0.1, 0.15) is 5.75 Å². The first kappa shape index (κ1) is 21.1. The van der Waals surface area contributed by atoms with E-state index in [9.17, 15) is 9.90 Å². The average molecular weight is 421 g/mol. The van der Waals surface area contributed by atoms with Gasteiger partial charge in [0.15, 0.2) is 11.5 Å². The minimum absolute atomic E-state index is 0.188. The van der Waals surface area contributed by atoms with E-state index < -0.39 is 11.9 Å². The molecule has 0 radical (unpaired) electrons. The number of likely N-dealkylation sites (tertiary alicyclic amines) is 1. The average Bonchev–Trinajstić information content (AvgIpc) is 3.41. The topological polar surface area (TPSA) is 68.2 Å². The number of benzene rings is 2. The van der Waals surface area contributed by atoms with Crippen LogP contribution in [0.4, 0.5) is 0 Å². The lowest BCUT2D eigenvalue weighted by Crippen LogP contribution is -2.29. The summed E-state index contributed by atoms with van der Waals surface area (Å²) >= 11 is 0. The summed E-state index contributed by atoms with van der Waals surface area (Å²) in [5.74, 6) is 6.93. The van der Waals surface area contributed by atoms with E-state index in [1.54, 1.807) is 7.11 Å². The largest absolute Gasteiger partial charge is 0.497 e. The van der Waals surface area contributed by atoms with E-state index >= 15 is 0 Å². The summed E-state index contributed by atoms with van der Waals surface area (Å²) in [5.41, 5.74) is 1.90. The lowest BCUT2D eigenvalue weighted by molar-refractivity contribution is -0.143. The summed E-state index contributed by atoms with van der Waals surface area (Å²) in [6, 6.07) is 13.1. The van der Waals surface area contributed by atoms with Crippen LogP contribution >= 0.6 is 0 Å². The fourth-order valence-electron chi connectivity index (χ4n) is 4.44. The Bertz CT molecular complexity index is 991. The molecule has 4 rings (SSSR count). The molecule has 2 aromatic rings. The van der Waals surface area contributed by atoms with Gasteiger partial charge in [-0.25, -0.2) is 0 Å². The maximum atomic E-state index is 12.5. The molecule has 31 heavy (non-hydrogen) atoms. The van der Waals surface area contributed by atoms with Crippen LogP contribution in [0.25, 0.3) is 0 Å². The van der Waals surface area contributed by atoms with Gasteiger partial charge in [-0.05, 0) is 41.8 Å². The minimum Gasteiger partial charge on any atom is -0.497 e. The normalized spacial score (nSPS) is 22.1. The van der Waals surface area contributed by atoms with Crippen LogP contribution in [-0.4, -0.2) is 43.0 Å².